The number of nitrogens with zero attached hydrogens (tertiary/aromatic N) is 4. The van der Waals surface area contributed by atoms with Crippen LogP contribution in [0.3, 0.4) is 0 Å². The summed E-state index contributed by atoms with van der Waals surface area (Å²) in [4.78, 5) is 29.2. The molecule has 0 bridgehead atoms. The minimum absolute atomic E-state index is 0.383. The van der Waals surface area contributed by atoms with Crippen LogP contribution in [0.15, 0.2) is 94.9 Å². The zero-order chi connectivity index (χ0) is 25.7. The van der Waals surface area contributed by atoms with Crippen molar-refractivity contribution in [3.05, 3.63) is 116 Å². The molecule has 0 heterocycles. The van der Waals surface area contributed by atoms with Gasteiger partial charge in [-0.2, -0.15) is 0 Å². The highest BCUT2D eigenvalue weighted by Crippen LogP contribution is 2.28. The van der Waals surface area contributed by atoms with E-state index in [1.165, 1.54) is 48.8 Å². The average Bonchev–Trinajstić information content (AvgIpc) is 2.88. The van der Waals surface area contributed by atoms with Crippen molar-refractivity contribution in [3.8, 4) is 22.6 Å². The number of hydrogen-bond donors (Lipinski definition) is 2. The van der Waals surface area contributed by atoms with Crippen molar-refractivity contribution >= 4 is 35.2 Å². The lowest BCUT2D eigenvalue weighted by atomic mass is 10.1. The molecule has 10 heteroatoms. The maximum absolute atomic E-state index is 11.0. The average molecular weight is 482 g/mol. The largest absolute Gasteiger partial charge is 0.502 e. The van der Waals surface area contributed by atoms with Crippen molar-refractivity contribution in [3.63, 3.8) is 0 Å². The molecule has 0 amide bonds. The molecule has 0 aliphatic rings. The Bertz CT molecular complexity index is 1380. The van der Waals surface area contributed by atoms with E-state index in [2.05, 4.69) is 9.98 Å². The third kappa shape index (κ3) is 5.57. The van der Waals surface area contributed by atoms with Gasteiger partial charge in [-0.05, 0) is 70.8 Å². The molecule has 178 valence electrons. The fourth-order valence-corrected chi connectivity index (χ4v) is 3.31. The van der Waals surface area contributed by atoms with Crippen molar-refractivity contribution in [2.45, 2.75) is 0 Å². The molecular weight excluding hydrogens is 464 g/mol. The molecule has 0 aliphatic heterocycles. The molecule has 0 aliphatic carbocycles. The number of nitro benzene ring substituents is 2. The number of nitro groups is 2. The van der Waals surface area contributed by atoms with Crippen LogP contribution in [-0.2, 0) is 0 Å². The Morgan fingerprint density at radius 2 is 0.944 bits per heavy atom. The van der Waals surface area contributed by atoms with Crippen LogP contribution in [0.4, 0.5) is 22.7 Å². The van der Waals surface area contributed by atoms with Crippen LogP contribution in [0.25, 0.3) is 11.1 Å². The number of hydrogen-bond acceptors (Lipinski definition) is 8. The standard InChI is InChI=1S/C26H18N4O6/c31-25-11-1-17(13-23(25)29(33)34)15-27-21-7-3-19(4-8-21)20-5-9-22(10-6-20)28-16-18-2-12-26(32)24(14-18)30(35)36/h1-16,31-32H. The maximum atomic E-state index is 11.0. The SMILES string of the molecule is O=[N+]([O-])c1cc(C=Nc2ccc(-c3ccc(N=Cc4ccc(O)c([N+](=O)[O-])c4)cc3)cc2)ccc1O. The Hall–Kier alpha value is -5.38. The molecule has 36 heavy (non-hydrogen) atoms. The van der Waals surface area contributed by atoms with Crippen molar-refractivity contribution in [1.82, 2.24) is 0 Å². The monoisotopic (exact) mass is 482 g/mol. The van der Waals surface area contributed by atoms with Crippen molar-refractivity contribution in [1.29, 1.82) is 0 Å². The molecule has 0 saturated carbocycles. The smallest absolute Gasteiger partial charge is 0.311 e. The molecule has 10 nitrogen and oxygen atoms in total. The van der Waals surface area contributed by atoms with E-state index < -0.39 is 21.3 Å². The van der Waals surface area contributed by atoms with E-state index in [9.17, 15) is 30.4 Å². The summed E-state index contributed by atoms with van der Waals surface area (Å²) in [6.07, 6.45) is 2.97. The van der Waals surface area contributed by atoms with Crippen LogP contribution in [-0.4, -0.2) is 32.5 Å². The highest BCUT2D eigenvalue weighted by Gasteiger charge is 2.13. The fourth-order valence-electron chi connectivity index (χ4n) is 3.31. The molecule has 4 aromatic rings. The Morgan fingerprint density at radius 3 is 1.28 bits per heavy atom. The normalized spacial score (nSPS) is 11.2. The van der Waals surface area contributed by atoms with E-state index >= 15 is 0 Å². The lowest BCUT2D eigenvalue weighted by molar-refractivity contribution is -0.386. The van der Waals surface area contributed by atoms with Gasteiger partial charge in [0.05, 0.1) is 21.2 Å². The molecule has 0 atom stereocenters. The summed E-state index contributed by atoms with van der Waals surface area (Å²) < 4.78 is 0. The highest BCUT2D eigenvalue weighted by atomic mass is 16.6. The molecule has 0 saturated heterocycles. The van der Waals surface area contributed by atoms with E-state index in [4.69, 9.17) is 0 Å². The summed E-state index contributed by atoms with van der Waals surface area (Å²) in [5.74, 6) is -0.801. The molecule has 0 fully saturated rings. The molecule has 0 unspecified atom stereocenters. The summed E-state index contributed by atoms with van der Waals surface area (Å²) in [5.41, 5.74) is 3.40. The first-order chi connectivity index (χ1) is 17.3. The van der Waals surface area contributed by atoms with Crippen LogP contribution in [0.5, 0.6) is 11.5 Å². The second-order valence-electron chi connectivity index (χ2n) is 7.62. The second-order valence-corrected chi connectivity index (χ2v) is 7.62. The lowest BCUT2D eigenvalue weighted by Gasteiger charge is -2.03. The van der Waals surface area contributed by atoms with Crippen molar-refractivity contribution < 1.29 is 20.1 Å². The van der Waals surface area contributed by atoms with E-state index in [0.29, 0.717) is 22.5 Å². The number of phenols is 2. The topological polar surface area (TPSA) is 151 Å². The quantitative estimate of drug-likeness (QED) is 0.185. The number of benzene rings is 4. The van der Waals surface area contributed by atoms with Crippen LogP contribution >= 0.6 is 0 Å². The predicted molar refractivity (Wildman–Crippen MR) is 136 cm³/mol. The van der Waals surface area contributed by atoms with E-state index in [0.717, 1.165) is 11.1 Å². The van der Waals surface area contributed by atoms with Gasteiger partial charge in [0.15, 0.2) is 11.5 Å². The zero-order valence-electron chi connectivity index (χ0n) is 18.6. The van der Waals surface area contributed by atoms with Gasteiger partial charge in [0.2, 0.25) is 0 Å². The lowest BCUT2D eigenvalue weighted by Crippen LogP contribution is -1.90. The second kappa shape index (κ2) is 10.3. The Balaban J connectivity index is 1.44. The van der Waals surface area contributed by atoms with Gasteiger partial charge in [0, 0.05) is 24.6 Å². The number of phenolic OH excluding ortho intramolecular Hbond substituents is 2. The van der Waals surface area contributed by atoms with Gasteiger partial charge in [-0.3, -0.25) is 30.2 Å². The van der Waals surface area contributed by atoms with Crippen LogP contribution in [0.1, 0.15) is 11.1 Å². The van der Waals surface area contributed by atoms with Gasteiger partial charge in [0.1, 0.15) is 0 Å². The minimum Gasteiger partial charge on any atom is -0.502 e. The molecule has 2 N–H and O–H groups in total. The Labute approximate surface area is 204 Å². The first-order valence-electron chi connectivity index (χ1n) is 10.5. The van der Waals surface area contributed by atoms with Gasteiger partial charge in [-0.1, -0.05) is 24.3 Å². The molecule has 0 spiro atoms. The summed E-state index contributed by atoms with van der Waals surface area (Å²) in [6.45, 7) is 0. The molecule has 0 radical (unpaired) electrons. The van der Waals surface area contributed by atoms with Gasteiger partial charge < -0.3 is 10.2 Å². The summed E-state index contributed by atoms with van der Waals surface area (Å²) in [5, 5.41) is 41.0. The summed E-state index contributed by atoms with van der Waals surface area (Å²) in [7, 11) is 0. The third-order valence-corrected chi connectivity index (χ3v) is 5.19. The number of aromatic hydroxyl groups is 2. The first-order valence-corrected chi connectivity index (χ1v) is 10.5. The minimum atomic E-state index is -0.655. The molecule has 4 aromatic carbocycles. The zero-order valence-corrected chi connectivity index (χ0v) is 18.6. The Kier molecular flexibility index (Phi) is 6.78. The highest BCUT2D eigenvalue weighted by molar-refractivity contribution is 5.84. The van der Waals surface area contributed by atoms with Crippen LogP contribution in [0.2, 0.25) is 0 Å². The van der Waals surface area contributed by atoms with Gasteiger partial charge in [0.25, 0.3) is 0 Å². The Morgan fingerprint density at radius 1 is 0.583 bits per heavy atom. The van der Waals surface area contributed by atoms with Crippen molar-refractivity contribution in [2.75, 3.05) is 0 Å². The first kappa shape index (κ1) is 23.8. The van der Waals surface area contributed by atoms with Gasteiger partial charge in [-0.25, -0.2) is 0 Å². The van der Waals surface area contributed by atoms with E-state index in [-0.39, 0.29) is 11.4 Å². The van der Waals surface area contributed by atoms with E-state index in [1.54, 1.807) is 0 Å². The molecular formula is C26H18N4O6. The third-order valence-electron chi connectivity index (χ3n) is 5.19. The maximum Gasteiger partial charge on any atom is 0.311 e. The molecule has 4 rings (SSSR count). The van der Waals surface area contributed by atoms with E-state index in [1.807, 2.05) is 48.5 Å². The van der Waals surface area contributed by atoms with Crippen molar-refractivity contribution in [2.24, 2.45) is 9.98 Å². The van der Waals surface area contributed by atoms with Gasteiger partial charge >= 0.3 is 11.4 Å². The molecule has 0 aromatic heterocycles. The van der Waals surface area contributed by atoms with Gasteiger partial charge in [-0.15, -0.1) is 0 Å². The fraction of sp³-hybridized carbons (Fsp3) is 0. The summed E-state index contributed by atoms with van der Waals surface area (Å²) >= 11 is 0. The number of rotatable bonds is 7. The summed E-state index contributed by atoms with van der Waals surface area (Å²) in [6, 6.07) is 22.9. The van der Waals surface area contributed by atoms with Crippen LogP contribution in [0, 0.1) is 20.2 Å². The predicted octanol–water partition coefficient (Wildman–Crippen LogP) is 6.08. The van der Waals surface area contributed by atoms with Crippen LogP contribution < -0.4 is 0 Å². The number of aliphatic imine (C=N–C) groups is 2.